The number of allylic oxidation sites excluding steroid dienone is 5. The Morgan fingerprint density at radius 3 is 2.29 bits per heavy atom. The van der Waals surface area contributed by atoms with Gasteiger partial charge in [-0.25, -0.2) is 9.37 Å². The maximum atomic E-state index is 12.4. The Morgan fingerprint density at radius 1 is 0.974 bits per heavy atom. The third kappa shape index (κ3) is 4.05. The molecule has 196 valence electrons. The highest BCUT2D eigenvalue weighted by molar-refractivity contribution is 7.00. The summed E-state index contributed by atoms with van der Waals surface area (Å²) < 4.78 is 2.11. The van der Waals surface area contributed by atoms with Crippen LogP contribution in [0.2, 0.25) is 12.1 Å². The monoisotopic (exact) mass is 526 g/mol. The molecule has 0 radical (unpaired) electrons. The first-order valence-electron chi connectivity index (χ1n) is 13.2. The van der Waals surface area contributed by atoms with E-state index in [1.54, 1.807) is 6.92 Å². The number of carbonyl (C=O) groups is 2. The summed E-state index contributed by atoms with van der Waals surface area (Å²) in [5, 5.41) is 25.0. The van der Waals surface area contributed by atoms with Crippen LogP contribution in [-0.4, -0.2) is 63.6 Å². The third-order valence-corrected chi connectivity index (χ3v) is 13.7. The van der Waals surface area contributed by atoms with Gasteiger partial charge in [0.15, 0.2) is 5.71 Å². The van der Waals surface area contributed by atoms with E-state index in [0.717, 1.165) is 40.2 Å². The SMILES string of the molecule is Cc1cc(C(=O)[O-])c(C2=C3C=CC(=[N+](C)C)C=C3[Si]3(CCCCC3)c3cc(N(C)C)ccc32)cc1C(=O)O. The van der Waals surface area contributed by atoms with E-state index >= 15 is 0 Å². The van der Waals surface area contributed by atoms with E-state index in [9.17, 15) is 19.8 Å². The van der Waals surface area contributed by atoms with Gasteiger partial charge in [-0.3, -0.25) is 0 Å². The van der Waals surface area contributed by atoms with Crippen LogP contribution in [0, 0.1) is 6.92 Å². The molecule has 0 saturated carbocycles. The maximum Gasteiger partial charge on any atom is 0.335 e. The molecule has 0 bridgehead atoms. The number of fused-ring (bicyclic) bond motifs is 4. The molecule has 2 aromatic rings. The van der Waals surface area contributed by atoms with Gasteiger partial charge in [-0.15, -0.1) is 0 Å². The van der Waals surface area contributed by atoms with Crippen molar-refractivity contribution in [1.82, 2.24) is 0 Å². The Balaban J connectivity index is 1.94. The molecular weight excluding hydrogens is 492 g/mol. The summed E-state index contributed by atoms with van der Waals surface area (Å²) in [6, 6.07) is 11.8. The van der Waals surface area contributed by atoms with E-state index in [1.165, 1.54) is 41.8 Å². The zero-order chi connectivity index (χ0) is 27.4. The van der Waals surface area contributed by atoms with Crippen LogP contribution in [0.3, 0.4) is 0 Å². The van der Waals surface area contributed by atoms with Crippen LogP contribution in [0.1, 0.15) is 56.7 Å². The number of hydrogen-bond donors (Lipinski definition) is 1. The summed E-state index contributed by atoms with van der Waals surface area (Å²) in [5.74, 6) is -2.38. The minimum Gasteiger partial charge on any atom is -0.545 e. The van der Waals surface area contributed by atoms with Gasteiger partial charge >= 0.3 is 5.97 Å². The molecule has 38 heavy (non-hydrogen) atoms. The van der Waals surface area contributed by atoms with Crippen molar-refractivity contribution in [2.45, 2.75) is 38.3 Å². The summed E-state index contributed by atoms with van der Waals surface area (Å²) in [4.78, 5) is 26.7. The Hall–Kier alpha value is -3.71. The van der Waals surface area contributed by atoms with E-state index in [4.69, 9.17) is 0 Å². The van der Waals surface area contributed by atoms with Crippen molar-refractivity contribution in [3.8, 4) is 0 Å². The van der Waals surface area contributed by atoms with E-state index in [-0.39, 0.29) is 11.1 Å². The summed E-state index contributed by atoms with van der Waals surface area (Å²) >= 11 is 0. The highest BCUT2D eigenvalue weighted by Gasteiger charge is 2.47. The molecule has 1 fully saturated rings. The van der Waals surface area contributed by atoms with Gasteiger partial charge in [0.1, 0.15) is 22.2 Å². The molecule has 0 unspecified atom stereocenters. The van der Waals surface area contributed by atoms with E-state index in [1.807, 2.05) is 28.2 Å². The lowest BCUT2D eigenvalue weighted by Crippen LogP contribution is -2.55. The molecule has 6 nitrogen and oxygen atoms in total. The van der Waals surface area contributed by atoms with Crippen molar-refractivity contribution in [2.24, 2.45) is 0 Å². The Kier molecular flexibility index (Phi) is 6.51. The highest BCUT2D eigenvalue weighted by atomic mass is 28.3. The number of benzene rings is 2. The van der Waals surface area contributed by atoms with Crippen molar-refractivity contribution >= 4 is 42.2 Å². The van der Waals surface area contributed by atoms with Crippen LogP contribution in [0.4, 0.5) is 5.69 Å². The molecular formula is C31H34N2O4Si. The average Bonchev–Trinajstić information content (AvgIpc) is 2.89. The number of aryl methyl sites for hydroxylation is 1. The molecule has 1 N–H and O–H groups in total. The smallest absolute Gasteiger partial charge is 0.335 e. The number of carboxylic acids is 2. The number of anilines is 1. The second kappa shape index (κ2) is 9.55. The normalized spacial score (nSPS) is 17.6. The van der Waals surface area contributed by atoms with Gasteiger partial charge < -0.3 is 19.9 Å². The van der Waals surface area contributed by atoms with Crippen molar-refractivity contribution in [3.63, 3.8) is 0 Å². The minimum absolute atomic E-state index is 0.0223. The molecule has 0 atom stereocenters. The number of hydrogen-bond acceptors (Lipinski definition) is 4. The second-order valence-electron chi connectivity index (χ2n) is 11.1. The topological polar surface area (TPSA) is 83.7 Å². The van der Waals surface area contributed by atoms with Crippen LogP contribution in [0.5, 0.6) is 0 Å². The lowest BCUT2D eigenvalue weighted by atomic mass is 9.85. The summed E-state index contributed by atoms with van der Waals surface area (Å²) in [6.07, 6.45) is 10.1. The molecule has 1 aliphatic carbocycles. The molecule has 3 aliphatic rings. The molecule has 0 amide bonds. The molecule has 2 heterocycles. The number of rotatable bonds is 4. The van der Waals surface area contributed by atoms with Crippen LogP contribution in [0.25, 0.3) is 5.57 Å². The van der Waals surface area contributed by atoms with E-state index in [2.05, 4.69) is 45.9 Å². The summed E-state index contributed by atoms with van der Waals surface area (Å²) in [6.45, 7) is 1.63. The number of carbonyl (C=O) groups excluding carboxylic acids is 1. The van der Waals surface area contributed by atoms with E-state index < -0.39 is 20.0 Å². The fraction of sp³-hybridized carbons (Fsp3) is 0.323. The number of aromatic carboxylic acids is 2. The van der Waals surface area contributed by atoms with Crippen LogP contribution < -0.4 is 15.2 Å². The Bertz CT molecular complexity index is 1500. The van der Waals surface area contributed by atoms with Gasteiger partial charge in [-0.1, -0.05) is 25.3 Å². The fourth-order valence-corrected chi connectivity index (χ4v) is 12.1. The lowest BCUT2D eigenvalue weighted by Gasteiger charge is -2.45. The predicted molar refractivity (Wildman–Crippen MR) is 152 cm³/mol. The van der Waals surface area contributed by atoms with Gasteiger partial charge in [-0.05, 0) is 87.6 Å². The molecule has 5 rings (SSSR count). The lowest BCUT2D eigenvalue weighted by molar-refractivity contribution is -0.462. The van der Waals surface area contributed by atoms with Crippen molar-refractivity contribution in [1.29, 1.82) is 0 Å². The van der Waals surface area contributed by atoms with Crippen LogP contribution in [-0.2, 0) is 0 Å². The van der Waals surface area contributed by atoms with Crippen molar-refractivity contribution in [2.75, 3.05) is 33.1 Å². The molecule has 1 saturated heterocycles. The van der Waals surface area contributed by atoms with E-state index in [0.29, 0.717) is 11.1 Å². The standard InChI is InChI=1S/C31H34N2O4Si/c1-19-15-26(31(36)37)25(18-24(19)30(34)35)29-22-11-9-20(32(2)3)16-27(22)38(13-7-6-8-14-38)28-17-21(33(4)5)10-12-23(28)29/h9-12,15-18H,6-8,13-14H2,1-5H3,(H-,34,35,36,37). The third-order valence-electron chi connectivity index (χ3n) is 8.40. The number of nitrogens with zero attached hydrogens (tertiary/aromatic N) is 2. The first-order chi connectivity index (χ1) is 18.0. The van der Waals surface area contributed by atoms with Gasteiger partial charge in [0.05, 0.1) is 11.5 Å². The summed E-state index contributed by atoms with van der Waals surface area (Å²) in [7, 11) is 5.96. The minimum atomic E-state index is -2.18. The quantitative estimate of drug-likeness (QED) is 0.487. The molecule has 1 spiro atoms. The molecule has 2 aliphatic heterocycles. The largest absolute Gasteiger partial charge is 0.545 e. The van der Waals surface area contributed by atoms with Crippen LogP contribution >= 0.6 is 0 Å². The summed E-state index contributed by atoms with van der Waals surface area (Å²) in [5.41, 5.74) is 6.00. The van der Waals surface area contributed by atoms with Gasteiger partial charge in [0.2, 0.25) is 0 Å². The fourth-order valence-electron chi connectivity index (χ4n) is 6.44. The Morgan fingerprint density at radius 2 is 1.68 bits per heavy atom. The highest BCUT2D eigenvalue weighted by Crippen LogP contribution is 2.48. The molecule has 2 aromatic carbocycles. The second-order valence-corrected chi connectivity index (χ2v) is 15.3. The first kappa shape index (κ1) is 25.9. The van der Waals surface area contributed by atoms with Crippen LogP contribution in [0.15, 0.2) is 59.3 Å². The van der Waals surface area contributed by atoms with Gasteiger partial charge in [-0.2, -0.15) is 0 Å². The number of carboxylic acid groups (broad SMARTS) is 2. The maximum absolute atomic E-state index is 12.4. The Labute approximate surface area is 224 Å². The van der Waals surface area contributed by atoms with Gasteiger partial charge in [0, 0.05) is 37.5 Å². The molecule has 0 aromatic heterocycles. The first-order valence-corrected chi connectivity index (χ1v) is 15.6. The zero-order valence-corrected chi connectivity index (χ0v) is 23.7. The molecule has 7 heteroatoms. The van der Waals surface area contributed by atoms with Gasteiger partial charge in [0.25, 0.3) is 0 Å². The van der Waals surface area contributed by atoms with Crippen molar-refractivity contribution < 1.29 is 24.4 Å². The average molecular weight is 527 g/mol. The van der Waals surface area contributed by atoms with Crippen molar-refractivity contribution in [3.05, 3.63) is 87.1 Å². The predicted octanol–water partition coefficient (Wildman–Crippen LogP) is 3.53. The zero-order valence-electron chi connectivity index (χ0n) is 22.7.